The van der Waals surface area contributed by atoms with Gasteiger partial charge >= 0.3 is 5.97 Å². The highest BCUT2D eigenvalue weighted by Crippen LogP contribution is 2.09. The Hall–Kier alpha value is -1.59. The van der Waals surface area contributed by atoms with E-state index in [0.29, 0.717) is 6.61 Å². The first kappa shape index (κ1) is 18.4. The van der Waals surface area contributed by atoms with Gasteiger partial charge in [0.25, 0.3) is 0 Å². The molecule has 0 saturated carbocycles. The molecule has 0 aliphatic rings. The van der Waals surface area contributed by atoms with E-state index in [9.17, 15) is 14.4 Å². The zero-order chi connectivity index (χ0) is 15.5. The number of amides is 2. The SMILES string of the molecule is CCCCOC(=O)C(NC(=O)CNC(C)=O)C(C)CC. The molecular weight excluding hydrogens is 260 g/mol. The van der Waals surface area contributed by atoms with Crippen molar-refractivity contribution >= 4 is 17.8 Å². The van der Waals surface area contributed by atoms with Crippen LogP contribution < -0.4 is 10.6 Å². The molecule has 0 aromatic heterocycles. The summed E-state index contributed by atoms with van der Waals surface area (Å²) in [6.07, 6.45) is 2.49. The smallest absolute Gasteiger partial charge is 0.328 e. The maximum Gasteiger partial charge on any atom is 0.328 e. The van der Waals surface area contributed by atoms with Gasteiger partial charge in [-0.15, -0.1) is 0 Å². The van der Waals surface area contributed by atoms with Gasteiger partial charge in [0.1, 0.15) is 6.04 Å². The van der Waals surface area contributed by atoms with Gasteiger partial charge in [0.2, 0.25) is 11.8 Å². The molecule has 0 spiro atoms. The summed E-state index contributed by atoms with van der Waals surface area (Å²) in [5, 5.41) is 5.02. The molecule has 0 aliphatic carbocycles. The van der Waals surface area contributed by atoms with Crippen molar-refractivity contribution in [2.75, 3.05) is 13.2 Å². The highest BCUT2D eigenvalue weighted by atomic mass is 16.5. The number of hydrogen-bond acceptors (Lipinski definition) is 4. The topological polar surface area (TPSA) is 84.5 Å². The second kappa shape index (κ2) is 10.2. The first-order valence-electron chi connectivity index (χ1n) is 7.12. The van der Waals surface area contributed by atoms with Crippen LogP contribution in [-0.2, 0) is 19.1 Å². The summed E-state index contributed by atoms with van der Waals surface area (Å²) in [5.74, 6) is -1.11. The summed E-state index contributed by atoms with van der Waals surface area (Å²) < 4.78 is 5.15. The lowest BCUT2D eigenvalue weighted by molar-refractivity contribution is -0.149. The maximum atomic E-state index is 12.0. The summed E-state index contributed by atoms with van der Waals surface area (Å²) in [7, 11) is 0. The third-order valence-corrected chi connectivity index (χ3v) is 3.02. The number of carbonyl (C=O) groups excluding carboxylic acids is 3. The molecule has 2 unspecified atom stereocenters. The van der Waals surface area contributed by atoms with Gasteiger partial charge in [-0.25, -0.2) is 4.79 Å². The summed E-state index contributed by atoms with van der Waals surface area (Å²) >= 11 is 0. The molecule has 6 nitrogen and oxygen atoms in total. The minimum absolute atomic E-state index is 0.0228. The van der Waals surface area contributed by atoms with Crippen LogP contribution in [0.25, 0.3) is 0 Å². The van der Waals surface area contributed by atoms with Crippen LogP contribution in [0.2, 0.25) is 0 Å². The molecule has 0 bridgehead atoms. The van der Waals surface area contributed by atoms with E-state index in [1.54, 1.807) is 0 Å². The van der Waals surface area contributed by atoms with Crippen molar-refractivity contribution in [3.05, 3.63) is 0 Å². The molecule has 20 heavy (non-hydrogen) atoms. The predicted molar refractivity (Wildman–Crippen MR) is 75.9 cm³/mol. The highest BCUT2D eigenvalue weighted by molar-refractivity contribution is 5.87. The van der Waals surface area contributed by atoms with Gasteiger partial charge in [0.05, 0.1) is 13.2 Å². The van der Waals surface area contributed by atoms with Crippen molar-refractivity contribution in [2.45, 2.75) is 53.0 Å². The molecular formula is C14H26N2O4. The average molecular weight is 286 g/mol. The second-order valence-electron chi connectivity index (χ2n) is 4.86. The fraction of sp³-hybridized carbons (Fsp3) is 0.786. The lowest BCUT2D eigenvalue weighted by Gasteiger charge is -2.22. The third-order valence-electron chi connectivity index (χ3n) is 3.02. The molecule has 0 rings (SSSR count). The van der Waals surface area contributed by atoms with Crippen LogP contribution in [0.4, 0.5) is 0 Å². The molecule has 0 fully saturated rings. The Kier molecular flexibility index (Phi) is 9.41. The third kappa shape index (κ3) is 7.76. The van der Waals surface area contributed by atoms with Crippen molar-refractivity contribution < 1.29 is 19.1 Å². The molecule has 0 aromatic rings. The van der Waals surface area contributed by atoms with E-state index >= 15 is 0 Å². The molecule has 6 heteroatoms. The van der Waals surface area contributed by atoms with Crippen LogP contribution in [-0.4, -0.2) is 37.0 Å². The number of hydrogen-bond donors (Lipinski definition) is 2. The second-order valence-corrected chi connectivity index (χ2v) is 4.86. The Morgan fingerprint density at radius 1 is 1.20 bits per heavy atom. The molecule has 116 valence electrons. The van der Waals surface area contributed by atoms with Gasteiger partial charge in [-0.05, 0) is 12.3 Å². The van der Waals surface area contributed by atoms with Crippen molar-refractivity contribution in [1.82, 2.24) is 10.6 Å². The van der Waals surface area contributed by atoms with Crippen molar-refractivity contribution in [3.8, 4) is 0 Å². The number of unbranched alkanes of at least 4 members (excludes halogenated alkanes) is 1. The van der Waals surface area contributed by atoms with E-state index in [0.717, 1.165) is 19.3 Å². The minimum Gasteiger partial charge on any atom is -0.464 e. The molecule has 0 aliphatic heterocycles. The van der Waals surface area contributed by atoms with E-state index in [1.807, 2.05) is 20.8 Å². The number of esters is 1. The predicted octanol–water partition coefficient (Wildman–Crippen LogP) is 0.997. The Morgan fingerprint density at radius 2 is 1.85 bits per heavy atom. The van der Waals surface area contributed by atoms with Crippen LogP contribution in [0.15, 0.2) is 0 Å². The number of nitrogens with one attached hydrogen (secondary N) is 2. The van der Waals surface area contributed by atoms with E-state index < -0.39 is 17.9 Å². The lowest BCUT2D eigenvalue weighted by Crippen LogP contribution is -2.49. The van der Waals surface area contributed by atoms with Crippen molar-refractivity contribution in [1.29, 1.82) is 0 Å². The summed E-state index contributed by atoms with van der Waals surface area (Å²) in [4.78, 5) is 34.4. The van der Waals surface area contributed by atoms with Crippen molar-refractivity contribution in [3.63, 3.8) is 0 Å². The van der Waals surface area contributed by atoms with Gasteiger partial charge in [-0.1, -0.05) is 33.6 Å². The van der Waals surface area contributed by atoms with Crippen LogP contribution in [0.3, 0.4) is 0 Å². The maximum absolute atomic E-state index is 12.0. The molecule has 0 radical (unpaired) electrons. The molecule has 0 aromatic carbocycles. The van der Waals surface area contributed by atoms with Crippen molar-refractivity contribution in [2.24, 2.45) is 5.92 Å². The molecule has 2 amide bonds. The van der Waals surface area contributed by atoms with Gasteiger partial charge in [-0.2, -0.15) is 0 Å². The van der Waals surface area contributed by atoms with Crippen LogP contribution >= 0.6 is 0 Å². The average Bonchev–Trinajstić information content (AvgIpc) is 2.41. The Bertz CT molecular complexity index is 331. The fourth-order valence-electron chi connectivity index (χ4n) is 1.51. The minimum atomic E-state index is -0.668. The Morgan fingerprint density at radius 3 is 2.35 bits per heavy atom. The molecule has 2 N–H and O–H groups in total. The quantitative estimate of drug-likeness (QED) is 0.489. The fourth-order valence-corrected chi connectivity index (χ4v) is 1.51. The molecule has 2 atom stereocenters. The number of rotatable bonds is 9. The highest BCUT2D eigenvalue weighted by Gasteiger charge is 2.27. The largest absolute Gasteiger partial charge is 0.464 e. The van der Waals surface area contributed by atoms with Gasteiger partial charge in [0.15, 0.2) is 0 Å². The number of ether oxygens (including phenoxy) is 1. The first-order chi connectivity index (χ1) is 9.42. The van der Waals surface area contributed by atoms with Crippen LogP contribution in [0.5, 0.6) is 0 Å². The molecule has 0 saturated heterocycles. The van der Waals surface area contributed by atoms with Gasteiger partial charge in [-0.3, -0.25) is 9.59 Å². The van der Waals surface area contributed by atoms with E-state index in [-0.39, 0.29) is 18.4 Å². The van der Waals surface area contributed by atoms with Crippen LogP contribution in [0.1, 0.15) is 47.0 Å². The first-order valence-corrected chi connectivity index (χ1v) is 7.12. The van der Waals surface area contributed by atoms with E-state index in [2.05, 4.69) is 10.6 Å². The summed E-state index contributed by atoms with van der Waals surface area (Å²) in [5.41, 5.74) is 0. The number of carbonyl (C=O) groups is 3. The standard InChI is InChI=1S/C14H26N2O4/c1-5-7-8-20-14(19)13(10(3)6-2)16-12(18)9-15-11(4)17/h10,13H,5-9H2,1-4H3,(H,15,17)(H,16,18). The Balaban J connectivity index is 4.44. The summed E-state index contributed by atoms with van der Waals surface area (Å²) in [6.45, 7) is 7.39. The van der Waals surface area contributed by atoms with Gasteiger partial charge in [0, 0.05) is 6.92 Å². The van der Waals surface area contributed by atoms with Crippen LogP contribution in [0, 0.1) is 5.92 Å². The normalized spacial score (nSPS) is 13.2. The zero-order valence-electron chi connectivity index (χ0n) is 12.8. The Labute approximate surface area is 120 Å². The van der Waals surface area contributed by atoms with E-state index in [1.165, 1.54) is 6.92 Å². The lowest BCUT2D eigenvalue weighted by atomic mass is 9.99. The van der Waals surface area contributed by atoms with Gasteiger partial charge < -0.3 is 15.4 Å². The van der Waals surface area contributed by atoms with E-state index in [4.69, 9.17) is 4.74 Å². The monoisotopic (exact) mass is 286 g/mol. The summed E-state index contributed by atoms with van der Waals surface area (Å²) in [6, 6.07) is -0.668. The molecule has 0 heterocycles. The zero-order valence-corrected chi connectivity index (χ0v) is 12.8.